The molecule has 1 rings (SSSR count). The van der Waals surface area contributed by atoms with Crippen molar-refractivity contribution in [3.05, 3.63) is 29.8 Å². The summed E-state index contributed by atoms with van der Waals surface area (Å²) >= 11 is 6.79. The van der Waals surface area contributed by atoms with Gasteiger partial charge in [0.25, 0.3) is 0 Å². The van der Waals surface area contributed by atoms with Gasteiger partial charge in [-0.15, -0.1) is 11.6 Å². The third-order valence-electron chi connectivity index (χ3n) is 1.80. The summed E-state index contributed by atoms with van der Waals surface area (Å²) in [5.74, 6) is 0.369. The molecule has 0 spiro atoms. The second-order valence-electron chi connectivity index (χ2n) is 2.88. The van der Waals surface area contributed by atoms with Gasteiger partial charge >= 0.3 is 0 Å². The minimum atomic E-state index is 0.369. The molecule has 0 bridgehead atoms. The highest BCUT2D eigenvalue weighted by Crippen LogP contribution is 2.14. The van der Waals surface area contributed by atoms with E-state index in [4.69, 9.17) is 17.3 Å². The van der Waals surface area contributed by atoms with Gasteiger partial charge in [0.2, 0.25) is 5.96 Å². The molecule has 0 atom stereocenters. The largest absolute Gasteiger partial charge is 0.369 e. The SMILES string of the molecule is CCc1cccc(N=C(N)NSCCl)c1. The molecule has 5 heteroatoms. The first-order valence-corrected chi connectivity index (χ1v) is 6.15. The van der Waals surface area contributed by atoms with Crippen LogP contribution >= 0.6 is 23.5 Å². The van der Waals surface area contributed by atoms with E-state index in [1.165, 1.54) is 17.5 Å². The number of hydrogen-bond acceptors (Lipinski definition) is 2. The molecule has 0 amide bonds. The Labute approximate surface area is 99.2 Å². The van der Waals surface area contributed by atoms with E-state index in [-0.39, 0.29) is 0 Å². The van der Waals surface area contributed by atoms with Crippen LogP contribution in [0.3, 0.4) is 0 Å². The molecule has 0 aliphatic rings. The summed E-state index contributed by atoms with van der Waals surface area (Å²) in [5.41, 5.74) is 7.74. The van der Waals surface area contributed by atoms with Crippen molar-refractivity contribution in [1.82, 2.24) is 4.72 Å². The Morgan fingerprint density at radius 1 is 1.60 bits per heavy atom. The number of benzene rings is 1. The molecule has 0 unspecified atom stereocenters. The molecule has 1 aromatic rings. The first kappa shape index (κ1) is 12.2. The fraction of sp³-hybridized carbons (Fsp3) is 0.300. The maximum Gasteiger partial charge on any atom is 0.204 e. The molecular weight excluding hydrogens is 230 g/mol. The zero-order valence-corrected chi connectivity index (χ0v) is 10.1. The van der Waals surface area contributed by atoms with Crippen LogP contribution in [0.25, 0.3) is 0 Å². The van der Waals surface area contributed by atoms with Crippen LogP contribution in [0.15, 0.2) is 29.3 Å². The summed E-state index contributed by atoms with van der Waals surface area (Å²) in [6.45, 7) is 2.10. The van der Waals surface area contributed by atoms with Gasteiger partial charge in [-0.25, -0.2) is 4.99 Å². The number of nitrogens with zero attached hydrogens (tertiary/aromatic N) is 1. The fourth-order valence-electron chi connectivity index (χ4n) is 1.11. The van der Waals surface area contributed by atoms with Crippen LogP contribution in [0.4, 0.5) is 5.69 Å². The van der Waals surface area contributed by atoms with Gasteiger partial charge in [0.1, 0.15) is 0 Å². The van der Waals surface area contributed by atoms with Gasteiger partial charge in [0.15, 0.2) is 0 Å². The zero-order chi connectivity index (χ0) is 11.1. The van der Waals surface area contributed by atoms with Crippen LogP contribution < -0.4 is 10.5 Å². The van der Waals surface area contributed by atoms with Crippen molar-refractivity contribution in [2.24, 2.45) is 10.7 Å². The Balaban J connectivity index is 2.69. The number of alkyl halides is 1. The molecule has 82 valence electrons. The average molecular weight is 244 g/mol. The normalized spacial score (nSPS) is 11.5. The average Bonchev–Trinajstić information content (AvgIpc) is 2.26. The monoisotopic (exact) mass is 243 g/mol. The highest BCUT2D eigenvalue weighted by Gasteiger charge is 1.94. The van der Waals surface area contributed by atoms with Crippen molar-refractivity contribution in [3.8, 4) is 0 Å². The lowest BCUT2D eigenvalue weighted by Gasteiger charge is -2.02. The van der Waals surface area contributed by atoms with Crippen LogP contribution in [0.1, 0.15) is 12.5 Å². The van der Waals surface area contributed by atoms with Gasteiger partial charge in [-0.05, 0) is 36.1 Å². The summed E-state index contributed by atoms with van der Waals surface area (Å²) in [4.78, 5) is 4.21. The molecule has 0 saturated carbocycles. The van der Waals surface area contributed by atoms with Gasteiger partial charge in [-0.1, -0.05) is 19.1 Å². The number of nitrogens with one attached hydrogen (secondary N) is 1. The van der Waals surface area contributed by atoms with Crippen molar-refractivity contribution in [1.29, 1.82) is 0 Å². The number of nitrogens with two attached hydrogens (primary N) is 1. The second-order valence-corrected chi connectivity index (χ2v) is 4.24. The highest BCUT2D eigenvalue weighted by atomic mass is 35.5. The Kier molecular flexibility index (Phi) is 5.36. The molecule has 1 aromatic carbocycles. The Bertz CT molecular complexity index is 341. The minimum absolute atomic E-state index is 0.369. The van der Waals surface area contributed by atoms with Gasteiger partial charge < -0.3 is 5.73 Å². The summed E-state index contributed by atoms with van der Waals surface area (Å²) in [7, 11) is 0. The first-order chi connectivity index (χ1) is 7.26. The van der Waals surface area contributed by atoms with E-state index in [1.807, 2.05) is 18.2 Å². The smallest absolute Gasteiger partial charge is 0.204 e. The number of halogens is 1. The fourth-order valence-corrected chi connectivity index (χ4v) is 1.52. The number of aryl methyl sites for hydroxylation is 1. The molecule has 3 N–H and O–H groups in total. The number of guanidine groups is 1. The topological polar surface area (TPSA) is 50.4 Å². The molecule has 0 fully saturated rings. The van der Waals surface area contributed by atoms with Crippen LogP contribution in [0, 0.1) is 0 Å². The van der Waals surface area contributed by atoms with Crippen LogP contribution in [-0.2, 0) is 6.42 Å². The van der Waals surface area contributed by atoms with E-state index < -0.39 is 0 Å². The summed E-state index contributed by atoms with van der Waals surface area (Å²) in [6, 6.07) is 7.97. The van der Waals surface area contributed by atoms with Gasteiger partial charge in [0.05, 0.1) is 10.9 Å². The van der Waals surface area contributed by atoms with Crippen LogP contribution in [-0.4, -0.2) is 11.2 Å². The van der Waals surface area contributed by atoms with E-state index >= 15 is 0 Å². The van der Waals surface area contributed by atoms with Crippen molar-refractivity contribution in [2.75, 3.05) is 5.21 Å². The Hall–Kier alpha value is -0.870. The molecule has 0 heterocycles. The predicted molar refractivity (Wildman–Crippen MR) is 68.5 cm³/mol. The minimum Gasteiger partial charge on any atom is -0.369 e. The van der Waals surface area contributed by atoms with E-state index in [1.54, 1.807) is 0 Å². The first-order valence-electron chi connectivity index (χ1n) is 4.63. The highest BCUT2D eigenvalue weighted by molar-refractivity contribution is 7.99. The molecule has 0 saturated heterocycles. The predicted octanol–water partition coefficient (Wildman–Crippen LogP) is 2.63. The Morgan fingerprint density at radius 3 is 3.07 bits per heavy atom. The van der Waals surface area contributed by atoms with Crippen molar-refractivity contribution in [3.63, 3.8) is 0 Å². The van der Waals surface area contributed by atoms with Gasteiger partial charge in [0, 0.05) is 0 Å². The number of aliphatic imine (C=N–C) groups is 1. The van der Waals surface area contributed by atoms with Crippen molar-refractivity contribution < 1.29 is 0 Å². The number of rotatable bonds is 4. The molecule has 3 nitrogen and oxygen atoms in total. The lowest BCUT2D eigenvalue weighted by molar-refractivity contribution is 1.14. The molecule has 15 heavy (non-hydrogen) atoms. The molecule has 0 aromatic heterocycles. The van der Waals surface area contributed by atoms with Gasteiger partial charge in [-0.2, -0.15) is 0 Å². The maximum atomic E-state index is 5.64. The van der Waals surface area contributed by atoms with E-state index in [0.717, 1.165) is 12.1 Å². The van der Waals surface area contributed by atoms with E-state index in [0.29, 0.717) is 11.2 Å². The third kappa shape index (κ3) is 4.44. The van der Waals surface area contributed by atoms with E-state index in [2.05, 4.69) is 22.7 Å². The standard InChI is InChI=1S/C10H14ClN3S/c1-2-8-4-3-5-9(6-8)13-10(12)14-15-7-11/h3-6H,2,7H2,1H3,(H3,12,13,14). The molecule has 0 aliphatic carbocycles. The summed E-state index contributed by atoms with van der Waals surface area (Å²) in [5, 5.41) is 0.436. The second kappa shape index (κ2) is 6.58. The van der Waals surface area contributed by atoms with Crippen molar-refractivity contribution >= 4 is 35.2 Å². The lowest BCUT2D eigenvalue weighted by Crippen LogP contribution is -2.25. The lowest BCUT2D eigenvalue weighted by atomic mass is 10.1. The van der Waals surface area contributed by atoms with Crippen LogP contribution in [0.5, 0.6) is 0 Å². The quantitative estimate of drug-likeness (QED) is 0.370. The number of hydrogen-bond donors (Lipinski definition) is 2. The molecular formula is C10H14ClN3S. The summed E-state index contributed by atoms with van der Waals surface area (Å²) < 4.78 is 2.83. The molecule has 0 radical (unpaired) electrons. The maximum absolute atomic E-state index is 5.64. The van der Waals surface area contributed by atoms with Crippen LogP contribution in [0.2, 0.25) is 0 Å². The summed E-state index contributed by atoms with van der Waals surface area (Å²) in [6.07, 6.45) is 0.993. The third-order valence-corrected chi connectivity index (χ3v) is 2.59. The Morgan fingerprint density at radius 2 is 2.40 bits per heavy atom. The zero-order valence-electron chi connectivity index (χ0n) is 8.53. The molecule has 0 aliphatic heterocycles. The van der Waals surface area contributed by atoms with E-state index in [9.17, 15) is 0 Å². The van der Waals surface area contributed by atoms with Crippen molar-refractivity contribution in [2.45, 2.75) is 13.3 Å². The van der Waals surface area contributed by atoms with Gasteiger partial charge in [-0.3, -0.25) is 4.72 Å².